The third kappa shape index (κ3) is 2.88. The third-order valence-corrected chi connectivity index (χ3v) is 1.82. The molecule has 1 aromatic rings. The Balaban J connectivity index is 3.02. The van der Waals surface area contributed by atoms with Crippen LogP contribution in [0.25, 0.3) is 0 Å². The Morgan fingerprint density at radius 3 is 2.60 bits per heavy atom. The first-order valence-corrected chi connectivity index (χ1v) is 4.15. The molecule has 0 aliphatic rings. The molecule has 0 heterocycles. The summed E-state index contributed by atoms with van der Waals surface area (Å²) in [5, 5.41) is 6.32. The van der Waals surface area contributed by atoms with Gasteiger partial charge in [-0.2, -0.15) is 5.10 Å². The molecule has 4 nitrogen and oxygen atoms in total. The third-order valence-electron chi connectivity index (χ3n) is 1.44. The summed E-state index contributed by atoms with van der Waals surface area (Å²) in [4.78, 5) is 0. The van der Waals surface area contributed by atoms with Crippen LogP contribution in [-0.2, 0) is 0 Å². The van der Waals surface area contributed by atoms with Crippen LogP contribution >= 0.6 is 11.6 Å². The molecule has 0 spiro atoms. The summed E-state index contributed by atoms with van der Waals surface area (Å²) in [6.07, 6.45) is 1.12. The van der Waals surface area contributed by atoms with Crippen molar-refractivity contribution in [2.24, 2.45) is 21.7 Å². The van der Waals surface area contributed by atoms with Crippen molar-refractivity contribution in [1.82, 2.24) is 0 Å². The molecule has 1 aromatic carbocycles. The van der Waals surface area contributed by atoms with Gasteiger partial charge in [-0.1, -0.05) is 11.6 Å². The Kier molecular flexibility index (Phi) is 3.56. The van der Waals surface area contributed by atoms with Gasteiger partial charge >= 0.3 is 0 Å². The molecule has 0 radical (unpaired) electrons. The number of halogens is 3. The van der Waals surface area contributed by atoms with E-state index in [1.807, 2.05) is 0 Å². The van der Waals surface area contributed by atoms with Gasteiger partial charge in [-0.3, -0.25) is 0 Å². The van der Waals surface area contributed by atoms with E-state index in [1.165, 1.54) is 6.07 Å². The number of rotatable bonds is 2. The molecule has 15 heavy (non-hydrogen) atoms. The zero-order valence-electron chi connectivity index (χ0n) is 7.42. The van der Waals surface area contributed by atoms with Crippen LogP contribution in [0.2, 0.25) is 5.02 Å². The average molecular weight is 233 g/mol. The van der Waals surface area contributed by atoms with Gasteiger partial charge in [0.05, 0.1) is 11.2 Å². The lowest BCUT2D eigenvalue weighted by Crippen LogP contribution is -2.21. The van der Waals surface area contributed by atoms with E-state index in [1.54, 1.807) is 0 Å². The van der Waals surface area contributed by atoms with Gasteiger partial charge in [0.2, 0.25) is 5.96 Å². The van der Waals surface area contributed by atoms with Gasteiger partial charge in [-0.15, -0.1) is 5.10 Å². The largest absolute Gasteiger partial charge is 0.369 e. The second kappa shape index (κ2) is 4.70. The van der Waals surface area contributed by atoms with Crippen LogP contribution in [0.15, 0.2) is 22.3 Å². The number of hydrogen-bond acceptors (Lipinski definition) is 2. The maximum absolute atomic E-state index is 12.9. The van der Waals surface area contributed by atoms with Crippen LogP contribution in [0.1, 0.15) is 5.56 Å². The Morgan fingerprint density at radius 1 is 1.33 bits per heavy atom. The van der Waals surface area contributed by atoms with Crippen LogP contribution in [0, 0.1) is 11.6 Å². The maximum atomic E-state index is 12.9. The summed E-state index contributed by atoms with van der Waals surface area (Å²) in [5.74, 6) is -2.41. The number of benzene rings is 1. The molecular formula is C8H7ClF2N4. The van der Waals surface area contributed by atoms with Gasteiger partial charge in [0, 0.05) is 5.56 Å². The molecule has 0 unspecified atom stereocenters. The lowest BCUT2D eigenvalue weighted by atomic mass is 10.2. The van der Waals surface area contributed by atoms with Crippen LogP contribution in [0.5, 0.6) is 0 Å². The summed E-state index contributed by atoms with van der Waals surface area (Å²) in [7, 11) is 0. The fraction of sp³-hybridized carbons (Fsp3) is 0. The molecular weight excluding hydrogens is 226 g/mol. The predicted molar refractivity (Wildman–Crippen MR) is 54.8 cm³/mol. The van der Waals surface area contributed by atoms with Crippen LogP contribution in [0.4, 0.5) is 8.78 Å². The highest BCUT2D eigenvalue weighted by atomic mass is 35.5. The first-order chi connectivity index (χ1) is 7.02. The molecule has 0 aromatic heterocycles. The van der Waals surface area contributed by atoms with E-state index < -0.39 is 11.6 Å². The Hall–Kier alpha value is -1.69. The molecule has 0 aliphatic heterocycles. The van der Waals surface area contributed by atoms with E-state index >= 15 is 0 Å². The van der Waals surface area contributed by atoms with E-state index in [0.29, 0.717) is 0 Å². The lowest BCUT2D eigenvalue weighted by molar-refractivity contribution is 0.509. The normalized spacial score (nSPS) is 10.6. The average Bonchev–Trinajstić information content (AvgIpc) is 2.18. The minimum absolute atomic E-state index is 0.181. The Bertz CT molecular complexity index is 427. The number of nitrogens with zero attached hydrogens (tertiary/aromatic N) is 2. The molecule has 4 N–H and O–H groups in total. The van der Waals surface area contributed by atoms with Gasteiger partial charge in [0.25, 0.3) is 0 Å². The smallest absolute Gasteiger partial charge is 0.211 e. The van der Waals surface area contributed by atoms with Crippen molar-refractivity contribution >= 4 is 23.8 Å². The number of guanidine groups is 1. The molecule has 7 heteroatoms. The quantitative estimate of drug-likeness (QED) is 0.348. The van der Waals surface area contributed by atoms with Crippen molar-refractivity contribution < 1.29 is 8.78 Å². The minimum Gasteiger partial charge on any atom is -0.369 e. The standard InChI is InChI=1S/C8H7ClF2N4/c9-6-4(3-14-15-8(12)13)1-2-5(10)7(6)11/h1-3H,(H4,12,13,15)/b14-3+. The zero-order chi connectivity index (χ0) is 11.4. The van der Waals surface area contributed by atoms with Crippen molar-refractivity contribution in [2.75, 3.05) is 0 Å². The van der Waals surface area contributed by atoms with Gasteiger partial charge in [-0.05, 0) is 12.1 Å². The van der Waals surface area contributed by atoms with Gasteiger partial charge < -0.3 is 11.5 Å². The lowest BCUT2D eigenvalue weighted by Gasteiger charge is -1.99. The monoisotopic (exact) mass is 232 g/mol. The first kappa shape index (κ1) is 11.4. The Labute approximate surface area is 89.2 Å². The first-order valence-electron chi connectivity index (χ1n) is 3.78. The minimum atomic E-state index is -1.13. The molecule has 0 aliphatic carbocycles. The van der Waals surface area contributed by atoms with Crippen molar-refractivity contribution in [1.29, 1.82) is 0 Å². The highest BCUT2D eigenvalue weighted by Crippen LogP contribution is 2.20. The molecule has 80 valence electrons. The van der Waals surface area contributed by atoms with Crippen molar-refractivity contribution in [3.8, 4) is 0 Å². The summed E-state index contributed by atoms with van der Waals surface area (Å²) in [6.45, 7) is 0. The number of hydrogen-bond donors (Lipinski definition) is 2. The van der Waals surface area contributed by atoms with Crippen molar-refractivity contribution in [2.45, 2.75) is 0 Å². The highest BCUT2D eigenvalue weighted by molar-refractivity contribution is 6.33. The van der Waals surface area contributed by atoms with Crippen LogP contribution in [-0.4, -0.2) is 12.2 Å². The summed E-state index contributed by atoms with van der Waals surface area (Å²) >= 11 is 5.50. The Morgan fingerprint density at radius 2 is 2.00 bits per heavy atom. The van der Waals surface area contributed by atoms with E-state index in [0.717, 1.165) is 12.3 Å². The fourth-order valence-electron chi connectivity index (χ4n) is 0.798. The molecule has 0 fully saturated rings. The molecule has 0 bridgehead atoms. The van der Waals surface area contributed by atoms with E-state index in [9.17, 15) is 8.78 Å². The maximum Gasteiger partial charge on any atom is 0.211 e. The van der Waals surface area contributed by atoms with Crippen molar-refractivity contribution in [3.63, 3.8) is 0 Å². The van der Waals surface area contributed by atoms with Gasteiger partial charge in [0.1, 0.15) is 0 Å². The van der Waals surface area contributed by atoms with E-state index in [2.05, 4.69) is 10.2 Å². The van der Waals surface area contributed by atoms with Crippen LogP contribution in [0.3, 0.4) is 0 Å². The molecule has 0 atom stereocenters. The van der Waals surface area contributed by atoms with Gasteiger partial charge in [-0.25, -0.2) is 8.78 Å². The van der Waals surface area contributed by atoms with Gasteiger partial charge in [0.15, 0.2) is 11.6 Å². The van der Waals surface area contributed by atoms with E-state index in [4.69, 9.17) is 23.1 Å². The molecule has 0 saturated heterocycles. The van der Waals surface area contributed by atoms with Crippen LogP contribution < -0.4 is 11.5 Å². The zero-order valence-corrected chi connectivity index (χ0v) is 8.17. The summed E-state index contributed by atoms with van der Waals surface area (Å²) in [6, 6.07) is 2.19. The second-order valence-electron chi connectivity index (χ2n) is 2.53. The molecule has 0 saturated carbocycles. The predicted octanol–water partition coefficient (Wildman–Crippen LogP) is 1.23. The van der Waals surface area contributed by atoms with E-state index in [-0.39, 0.29) is 16.5 Å². The SMILES string of the molecule is NC(N)=N/N=C/c1ccc(F)c(F)c1Cl. The topological polar surface area (TPSA) is 76.8 Å². The fourth-order valence-corrected chi connectivity index (χ4v) is 1.00. The van der Waals surface area contributed by atoms with Crippen molar-refractivity contribution in [3.05, 3.63) is 34.4 Å². The number of nitrogens with two attached hydrogens (primary N) is 2. The molecule has 1 rings (SSSR count). The summed E-state index contributed by atoms with van der Waals surface area (Å²) in [5.41, 5.74) is 10.2. The highest BCUT2D eigenvalue weighted by Gasteiger charge is 2.09. The second-order valence-corrected chi connectivity index (χ2v) is 2.91. The summed E-state index contributed by atoms with van der Waals surface area (Å²) < 4.78 is 25.6. The molecule has 0 amide bonds.